The number of amides is 1. The Balaban J connectivity index is 2.08. The van der Waals surface area contributed by atoms with Gasteiger partial charge in [-0.25, -0.2) is 0 Å². The van der Waals surface area contributed by atoms with Gasteiger partial charge in [-0.05, 0) is 38.0 Å². The van der Waals surface area contributed by atoms with E-state index in [1.54, 1.807) is 18.9 Å². The molecule has 4 nitrogen and oxygen atoms in total. The van der Waals surface area contributed by atoms with Gasteiger partial charge in [0.1, 0.15) is 0 Å². The minimum atomic E-state index is -0.597. The van der Waals surface area contributed by atoms with E-state index in [9.17, 15) is 9.90 Å². The molecule has 22 heavy (non-hydrogen) atoms. The van der Waals surface area contributed by atoms with E-state index in [-0.39, 0.29) is 17.9 Å². The third-order valence-corrected chi connectivity index (χ3v) is 5.09. The largest absolute Gasteiger partial charge is 0.393 e. The Morgan fingerprint density at radius 2 is 2.00 bits per heavy atom. The maximum absolute atomic E-state index is 12.2. The summed E-state index contributed by atoms with van der Waals surface area (Å²) in [6, 6.07) is 10.3. The predicted octanol–water partition coefficient (Wildman–Crippen LogP) is 2.23. The first kappa shape index (κ1) is 17.3. The molecular formula is C17H26N2O2S. The minimum Gasteiger partial charge on any atom is -0.393 e. The number of rotatable bonds is 6. The van der Waals surface area contributed by atoms with Crippen molar-refractivity contribution in [3.63, 3.8) is 0 Å². The molecule has 0 aliphatic carbocycles. The second-order valence-corrected chi connectivity index (χ2v) is 7.04. The number of hydrogen-bond donors (Lipinski definition) is 2. The average molecular weight is 322 g/mol. The standard InChI is InChI=1S/C17H26N2O2S/c1-14(20)12-16(21)18-17(8-10-19(22-2)11-9-17)13-15-6-4-3-5-7-15/h3-7,14,20H,8-13H2,1-2H3,(H,18,21). The molecule has 0 aromatic heterocycles. The van der Waals surface area contributed by atoms with E-state index < -0.39 is 6.10 Å². The lowest BCUT2D eigenvalue weighted by atomic mass is 9.82. The van der Waals surface area contributed by atoms with Crippen LogP contribution in [0, 0.1) is 0 Å². The fraction of sp³-hybridized carbons (Fsp3) is 0.588. The van der Waals surface area contributed by atoms with E-state index in [1.165, 1.54) is 5.56 Å². The van der Waals surface area contributed by atoms with E-state index in [0.717, 1.165) is 32.4 Å². The Kier molecular flexibility index (Phi) is 6.29. The van der Waals surface area contributed by atoms with Crippen LogP contribution in [0.25, 0.3) is 0 Å². The van der Waals surface area contributed by atoms with E-state index in [2.05, 4.69) is 28.0 Å². The fourth-order valence-electron chi connectivity index (χ4n) is 3.04. The third kappa shape index (κ3) is 5.00. The maximum atomic E-state index is 12.2. The topological polar surface area (TPSA) is 52.6 Å². The molecule has 0 bridgehead atoms. The van der Waals surface area contributed by atoms with Crippen LogP contribution in [0.4, 0.5) is 0 Å². The number of carbonyl (C=O) groups excluding carboxylic acids is 1. The third-order valence-electron chi connectivity index (χ3n) is 4.21. The summed E-state index contributed by atoms with van der Waals surface area (Å²) >= 11 is 1.76. The van der Waals surface area contributed by atoms with Crippen molar-refractivity contribution in [1.82, 2.24) is 9.62 Å². The van der Waals surface area contributed by atoms with Gasteiger partial charge < -0.3 is 10.4 Å². The highest BCUT2D eigenvalue weighted by molar-refractivity contribution is 7.96. The molecule has 0 radical (unpaired) electrons. The molecule has 1 aromatic rings. The normalized spacial score (nSPS) is 19.6. The number of nitrogens with zero attached hydrogens (tertiary/aromatic N) is 1. The number of hydrogen-bond acceptors (Lipinski definition) is 4. The summed E-state index contributed by atoms with van der Waals surface area (Å²) in [7, 11) is 0. The van der Waals surface area contributed by atoms with E-state index >= 15 is 0 Å². The van der Waals surface area contributed by atoms with Crippen molar-refractivity contribution in [3.05, 3.63) is 35.9 Å². The molecule has 1 heterocycles. The first-order valence-electron chi connectivity index (χ1n) is 7.85. The first-order valence-corrected chi connectivity index (χ1v) is 9.03. The summed E-state index contributed by atoms with van der Waals surface area (Å²) in [6.45, 7) is 3.60. The van der Waals surface area contributed by atoms with E-state index in [0.29, 0.717) is 0 Å². The van der Waals surface area contributed by atoms with Gasteiger partial charge >= 0.3 is 0 Å². The van der Waals surface area contributed by atoms with Crippen molar-refractivity contribution in [3.8, 4) is 0 Å². The first-order chi connectivity index (χ1) is 10.5. The van der Waals surface area contributed by atoms with Crippen LogP contribution >= 0.6 is 11.9 Å². The molecule has 1 aliphatic heterocycles. The minimum absolute atomic E-state index is 0.0523. The average Bonchev–Trinajstić information content (AvgIpc) is 2.48. The molecule has 1 amide bonds. The second-order valence-electron chi connectivity index (χ2n) is 6.16. The summed E-state index contributed by atoms with van der Waals surface area (Å²) < 4.78 is 2.34. The van der Waals surface area contributed by atoms with Gasteiger partial charge in [-0.15, -0.1) is 0 Å². The number of aliphatic hydroxyl groups is 1. The van der Waals surface area contributed by atoms with Crippen LogP contribution in [0.3, 0.4) is 0 Å². The van der Waals surface area contributed by atoms with Gasteiger partial charge in [-0.2, -0.15) is 0 Å². The SMILES string of the molecule is CSN1CCC(Cc2ccccc2)(NC(=O)CC(C)O)CC1. The van der Waals surface area contributed by atoms with Crippen LogP contribution < -0.4 is 5.32 Å². The Morgan fingerprint density at radius 1 is 1.36 bits per heavy atom. The van der Waals surface area contributed by atoms with Crippen LogP contribution in [0.5, 0.6) is 0 Å². The highest BCUT2D eigenvalue weighted by Gasteiger charge is 2.36. The zero-order valence-corrected chi connectivity index (χ0v) is 14.2. The lowest BCUT2D eigenvalue weighted by Crippen LogP contribution is -2.56. The Labute approximate surface area is 137 Å². The van der Waals surface area contributed by atoms with Gasteiger partial charge in [0.2, 0.25) is 5.91 Å². The highest BCUT2D eigenvalue weighted by Crippen LogP contribution is 2.29. The van der Waals surface area contributed by atoms with E-state index in [4.69, 9.17) is 0 Å². The quantitative estimate of drug-likeness (QED) is 0.789. The van der Waals surface area contributed by atoms with Crippen molar-refractivity contribution in [2.75, 3.05) is 19.3 Å². The summed E-state index contributed by atoms with van der Waals surface area (Å²) in [5.41, 5.74) is 1.05. The Bertz CT molecular complexity index is 471. The fourth-order valence-corrected chi connectivity index (χ4v) is 3.59. The molecule has 122 valence electrons. The van der Waals surface area contributed by atoms with Crippen molar-refractivity contribution >= 4 is 17.9 Å². The highest BCUT2D eigenvalue weighted by atomic mass is 32.2. The smallest absolute Gasteiger partial charge is 0.223 e. The molecule has 5 heteroatoms. The Morgan fingerprint density at radius 3 is 2.55 bits per heavy atom. The van der Waals surface area contributed by atoms with Gasteiger partial charge in [0.15, 0.2) is 0 Å². The van der Waals surface area contributed by atoms with Crippen LogP contribution in [-0.2, 0) is 11.2 Å². The van der Waals surface area contributed by atoms with Crippen molar-refractivity contribution in [2.45, 2.75) is 44.2 Å². The van der Waals surface area contributed by atoms with Gasteiger partial charge in [0.25, 0.3) is 0 Å². The van der Waals surface area contributed by atoms with Gasteiger partial charge in [0.05, 0.1) is 12.5 Å². The number of nitrogens with one attached hydrogen (secondary N) is 1. The van der Waals surface area contributed by atoms with Crippen LogP contribution in [0.1, 0.15) is 31.7 Å². The molecule has 0 spiro atoms. The molecule has 1 aliphatic rings. The molecule has 2 N–H and O–H groups in total. The monoisotopic (exact) mass is 322 g/mol. The number of aliphatic hydroxyl groups excluding tert-OH is 1. The van der Waals surface area contributed by atoms with Gasteiger partial charge in [0, 0.05) is 18.6 Å². The van der Waals surface area contributed by atoms with E-state index in [1.807, 2.05) is 18.2 Å². The van der Waals surface area contributed by atoms with Crippen LogP contribution in [0.2, 0.25) is 0 Å². The molecular weight excluding hydrogens is 296 g/mol. The molecule has 1 unspecified atom stereocenters. The number of benzene rings is 1. The van der Waals surface area contributed by atoms with Crippen molar-refractivity contribution < 1.29 is 9.90 Å². The second kappa shape index (κ2) is 7.99. The maximum Gasteiger partial charge on any atom is 0.223 e. The molecule has 1 saturated heterocycles. The Hall–Kier alpha value is -1.04. The van der Waals surface area contributed by atoms with Crippen LogP contribution in [0.15, 0.2) is 30.3 Å². The molecule has 0 saturated carbocycles. The number of piperidine rings is 1. The summed E-state index contributed by atoms with van der Waals surface area (Å²) in [4.78, 5) is 12.2. The van der Waals surface area contributed by atoms with Gasteiger partial charge in [-0.1, -0.05) is 42.3 Å². The number of carbonyl (C=O) groups is 1. The van der Waals surface area contributed by atoms with Crippen molar-refractivity contribution in [1.29, 1.82) is 0 Å². The van der Waals surface area contributed by atoms with Crippen molar-refractivity contribution in [2.24, 2.45) is 0 Å². The molecule has 1 atom stereocenters. The zero-order valence-electron chi connectivity index (χ0n) is 13.4. The zero-order chi connectivity index (χ0) is 16.0. The van der Waals surface area contributed by atoms with Crippen LogP contribution in [-0.4, -0.2) is 46.3 Å². The van der Waals surface area contributed by atoms with Gasteiger partial charge in [-0.3, -0.25) is 9.10 Å². The lowest BCUT2D eigenvalue weighted by molar-refractivity contribution is -0.125. The molecule has 2 rings (SSSR count). The summed E-state index contributed by atoms with van der Waals surface area (Å²) in [5, 5.41) is 12.7. The predicted molar refractivity (Wildman–Crippen MR) is 91.6 cm³/mol. The summed E-state index contributed by atoms with van der Waals surface area (Å²) in [5.74, 6) is -0.0523. The molecule has 1 fully saturated rings. The summed E-state index contributed by atoms with van der Waals surface area (Å²) in [6.07, 6.45) is 4.39. The lowest BCUT2D eigenvalue weighted by Gasteiger charge is -2.42. The molecule has 1 aromatic carbocycles.